The molecule has 1 aliphatic heterocycles. The van der Waals surface area contributed by atoms with Gasteiger partial charge in [-0.25, -0.2) is 0 Å². The average molecular weight is 386 g/mol. The summed E-state index contributed by atoms with van der Waals surface area (Å²) >= 11 is 6.26. The molecule has 0 radical (unpaired) electrons. The molecule has 2 aromatic rings. The number of nitrogens with one attached hydrogen (secondary N) is 1. The Kier molecular flexibility index (Phi) is 6.14. The highest BCUT2D eigenvalue weighted by atomic mass is 35.5. The fourth-order valence-corrected chi connectivity index (χ4v) is 3.55. The molecule has 0 spiro atoms. The van der Waals surface area contributed by atoms with Crippen molar-refractivity contribution in [1.29, 1.82) is 0 Å². The van der Waals surface area contributed by atoms with E-state index in [1.54, 1.807) is 23.1 Å². The van der Waals surface area contributed by atoms with Crippen LogP contribution in [-0.2, 0) is 4.79 Å². The number of amides is 2. The van der Waals surface area contributed by atoms with Gasteiger partial charge in [0.05, 0.1) is 16.8 Å². The summed E-state index contributed by atoms with van der Waals surface area (Å²) in [5, 5.41) is 3.48. The maximum Gasteiger partial charge on any atom is 0.251 e. The lowest BCUT2D eigenvalue weighted by molar-refractivity contribution is -0.117. The van der Waals surface area contributed by atoms with Crippen LogP contribution in [0.4, 0.5) is 5.69 Å². The third-order valence-electron chi connectivity index (χ3n) is 4.84. The third kappa shape index (κ3) is 4.49. The van der Waals surface area contributed by atoms with Crippen LogP contribution in [0.25, 0.3) is 0 Å². The van der Waals surface area contributed by atoms with Gasteiger partial charge in [-0.15, -0.1) is 0 Å². The van der Waals surface area contributed by atoms with E-state index in [1.165, 1.54) is 0 Å². The van der Waals surface area contributed by atoms with E-state index in [2.05, 4.69) is 22.3 Å². The second-order valence-electron chi connectivity index (χ2n) is 6.92. The van der Waals surface area contributed by atoms with Crippen molar-refractivity contribution in [3.05, 3.63) is 64.7 Å². The maximum atomic E-state index is 12.7. The normalized spacial score (nSPS) is 15.3. The van der Waals surface area contributed by atoms with E-state index in [0.29, 0.717) is 35.8 Å². The van der Waals surface area contributed by atoms with Crippen LogP contribution in [0.5, 0.6) is 0 Å². The zero-order valence-corrected chi connectivity index (χ0v) is 16.4. The monoisotopic (exact) mass is 385 g/mol. The average Bonchev–Trinajstić information content (AvgIpc) is 3.08. The van der Waals surface area contributed by atoms with Crippen molar-refractivity contribution in [2.45, 2.75) is 18.9 Å². The minimum atomic E-state index is -0.178. The summed E-state index contributed by atoms with van der Waals surface area (Å²) in [6.45, 7) is 1.12. The molecule has 1 unspecified atom stereocenters. The number of benzene rings is 2. The second kappa shape index (κ2) is 8.55. The minimum absolute atomic E-state index is 0.0474. The Labute approximate surface area is 164 Å². The Morgan fingerprint density at radius 2 is 1.96 bits per heavy atom. The molecule has 0 bridgehead atoms. The second-order valence-corrected chi connectivity index (χ2v) is 7.32. The maximum absolute atomic E-state index is 12.7. The predicted molar refractivity (Wildman–Crippen MR) is 108 cm³/mol. The zero-order valence-electron chi connectivity index (χ0n) is 15.6. The predicted octanol–water partition coefficient (Wildman–Crippen LogP) is 3.50. The van der Waals surface area contributed by atoms with Gasteiger partial charge in [-0.3, -0.25) is 9.59 Å². The van der Waals surface area contributed by atoms with Crippen LogP contribution in [0.2, 0.25) is 5.02 Å². The van der Waals surface area contributed by atoms with Gasteiger partial charge in [-0.2, -0.15) is 0 Å². The minimum Gasteiger partial charge on any atom is -0.350 e. The summed E-state index contributed by atoms with van der Waals surface area (Å²) in [5.41, 5.74) is 2.25. The quantitative estimate of drug-likeness (QED) is 0.828. The molecule has 1 atom stereocenters. The molecule has 6 heteroatoms. The molecule has 1 fully saturated rings. The number of halogens is 1. The third-order valence-corrected chi connectivity index (χ3v) is 5.16. The van der Waals surface area contributed by atoms with Gasteiger partial charge in [0, 0.05) is 25.1 Å². The molecule has 1 N–H and O–H groups in total. The standard InChI is InChI=1S/C21H24ClN3O2/c1-24(2)19(15-7-4-3-5-8-15)14-23-21(27)16-10-11-17(22)18(13-16)25-12-6-9-20(25)26/h3-5,7-8,10-11,13,19H,6,9,12,14H2,1-2H3,(H,23,27). The summed E-state index contributed by atoms with van der Waals surface area (Å²) in [6, 6.07) is 15.2. The first kappa shape index (κ1) is 19.4. The largest absolute Gasteiger partial charge is 0.350 e. The number of rotatable bonds is 6. The number of carbonyl (C=O) groups excluding carboxylic acids is 2. The summed E-state index contributed by atoms with van der Waals surface area (Å²) in [6.07, 6.45) is 1.33. The molecule has 1 aliphatic rings. The fourth-order valence-electron chi connectivity index (χ4n) is 3.33. The van der Waals surface area contributed by atoms with Crippen molar-refractivity contribution < 1.29 is 9.59 Å². The first-order valence-electron chi connectivity index (χ1n) is 9.07. The topological polar surface area (TPSA) is 52.7 Å². The first-order valence-corrected chi connectivity index (χ1v) is 9.44. The van der Waals surface area contributed by atoms with E-state index in [1.807, 2.05) is 32.3 Å². The fraction of sp³-hybridized carbons (Fsp3) is 0.333. The lowest BCUT2D eigenvalue weighted by atomic mass is 10.1. The summed E-state index contributed by atoms with van der Waals surface area (Å²) in [7, 11) is 3.98. The van der Waals surface area contributed by atoms with Gasteiger partial charge in [0.25, 0.3) is 5.91 Å². The number of hydrogen-bond donors (Lipinski definition) is 1. The van der Waals surface area contributed by atoms with Gasteiger partial charge in [-0.1, -0.05) is 41.9 Å². The van der Waals surface area contributed by atoms with Crippen LogP contribution in [0, 0.1) is 0 Å². The van der Waals surface area contributed by atoms with Crippen LogP contribution in [0.3, 0.4) is 0 Å². The zero-order chi connectivity index (χ0) is 19.4. The van der Waals surface area contributed by atoms with Gasteiger partial charge in [-0.05, 0) is 44.3 Å². The lowest BCUT2D eigenvalue weighted by Gasteiger charge is -2.25. The molecule has 0 aliphatic carbocycles. The first-order chi connectivity index (χ1) is 13.0. The Morgan fingerprint density at radius 3 is 2.59 bits per heavy atom. The highest BCUT2D eigenvalue weighted by Gasteiger charge is 2.24. The van der Waals surface area contributed by atoms with E-state index in [0.717, 1.165) is 12.0 Å². The molecular formula is C21H24ClN3O2. The molecule has 2 aromatic carbocycles. The Balaban J connectivity index is 1.73. The number of nitrogens with zero attached hydrogens (tertiary/aromatic N) is 2. The highest BCUT2D eigenvalue weighted by Crippen LogP contribution is 2.30. The van der Waals surface area contributed by atoms with Crippen molar-refractivity contribution in [2.24, 2.45) is 0 Å². The Morgan fingerprint density at radius 1 is 1.22 bits per heavy atom. The molecule has 3 rings (SSSR count). The van der Waals surface area contributed by atoms with E-state index < -0.39 is 0 Å². The molecule has 1 heterocycles. The van der Waals surface area contributed by atoms with Crippen LogP contribution < -0.4 is 10.2 Å². The van der Waals surface area contributed by atoms with E-state index in [9.17, 15) is 9.59 Å². The van der Waals surface area contributed by atoms with Crippen molar-refractivity contribution in [3.8, 4) is 0 Å². The number of anilines is 1. The lowest BCUT2D eigenvalue weighted by Crippen LogP contribution is -2.34. The summed E-state index contributed by atoms with van der Waals surface area (Å²) < 4.78 is 0. The van der Waals surface area contributed by atoms with Gasteiger partial charge < -0.3 is 15.1 Å². The molecule has 27 heavy (non-hydrogen) atoms. The highest BCUT2D eigenvalue weighted by molar-refractivity contribution is 6.34. The Hall–Kier alpha value is -2.37. The van der Waals surface area contributed by atoms with Crippen molar-refractivity contribution in [3.63, 3.8) is 0 Å². The van der Waals surface area contributed by atoms with Crippen LogP contribution in [-0.4, -0.2) is 43.9 Å². The molecule has 0 saturated carbocycles. The molecule has 2 amide bonds. The molecule has 142 valence electrons. The van der Waals surface area contributed by atoms with E-state index in [-0.39, 0.29) is 17.9 Å². The van der Waals surface area contributed by atoms with E-state index in [4.69, 9.17) is 11.6 Å². The number of carbonyl (C=O) groups is 2. The van der Waals surface area contributed by atoms with Gasteiger partial charge in [0.15, 0.2) is 0 Å². The number of likely N-dealkylation sites (N-methyl/N-ethyl adjacent to an activating group) is 1. The van der Waals surface area contributed by atoms with E-state index >= 15 is 0 Å². The smallest absolute Gasteiger partial charge is 0.251 e. The Bertz CT molecular complexity index is 823. The van der Waals surface area contributed by atoms with Gasteiger partial charge in [0.2, 0.25) is 5.91 Å². The van der Waals surface area contributed by atoms with Crippen molar-refractivity contribution in [2.75, 3.05) is 32.1 Å². The molecular weight excluding hydrogens is 362 g/mol. The molecule has 0 aromatic heterocycles. The SMILES string of the molecule is CN(C)C(CNC(=O)c1ccc(Cl)c(N2CCCC2=O)c1)c1ccccc1. The molecule has 1 saturated heterocycles. The van der Waals surface area contributed by atoms with Crippen LogP contribution in [0.1, 0.15) is 34.8 Å². The summed E-state index contributed by atoms with van der Waals surface area (Å²) in [5.74, 6) is -0.131. The molecule has 5 nitrogen and oxygen atoms in total. The van der Waals surface area contributed by atoms with Crippen LogP contribution in [0.15, 0.2) is 48.5 Å². The van der Waals surface area contributed by atoms with Gasteiger partial charge >= 0.3 is 0 Å². The summed E-state index contributed by atoms with van der Waals surface area (Å²) in [4.78, 5) is 28.4. The van der Waals surface area contributed by atoms with Crippen LogP contribution >= 0.6 is 11.6 Å². The van der Waals surface area contributed by atoms with Crippen molar-refractivity contribution in [1.82, 2.24) is 10.2 Å². The van der Waals surface area contributed by atoms with Crippen molar-refractivity contribution >= 4 is 29.1 Å². The van der Waals surface area contributed by atoms with Gasteiger partial charge in [0.1, 0.15) is 0 Å². The number of hydrogen-bond acceptors (Lipinski definition) is 3.